The highest BCUT2D eigenvalue weighted by atomic mass is 35.5. The van der Waals surface area contributed by atoms with Crippen LogP contribution in [0.4, 0.5) is 0 Å². The Bertz CT molecular complexity index is 698. The number of hydrogen-bond acceptors (Lipinski definition) is 4. The molecular weight excluding hydrogens is 298 g/mol. The molecule has 0 saturated heterocycles. The van der Waals surface area contributed by atoms with Gasteiger partial charge in [0.25, 0.3) is 0 Å². The molecule has 0 amide bonds. The molecule has 6 heteroatoms. The predicted octanol–water partition coefficient (Wildman–Crippen LogP) is 3.46. The van der Waals surface area contributed by atoms with Crippen molar-refractivity contribution < 1.29 is 14.6 Å². The molecule has 0 aromatic carbocycles. The maximum atomic E-state index is 10.6. The Hall–Kier alpha value is -1.43. The van der Waals surface area contributed by atoms with Crippen molar-refractivity contribution in [2.75, 3.05) is 0 Å². The fraction of sp³-hybridized carbons (Fsp3) is 0.286. The average Bonchev–Trinajstić information content (AvgIpc) is 2.87. The van der Waals surface area contributed by atoms with Gasteiger partial charge in [-0.25, -0.2) is 9.78 Å². The number of benzene rings is 1. The summed E-state index contributed by atoms with van der Waals surface area (Å²) in [5.41, 5.74) is 1.30. The van der Waals surface area contributed by atoms with Gasteiger partial charge in [0.2, 0.25) is 0 Å². The van der Waals surface area contributed by atoms with Crippen molar-refractivity contribution in [2.45, 2.75) is 26.1 Å². The molecule has 3 rings (SSSR count). The van der Waals surface area contributed by atoms with E-state index in [0.717, 1.165) is 10.7 Å². The molecular formula is C14H14ClNO3S. The lowest BCUT2D eigenvalue weighted by Crippen LogP contribution is -2.34. The Morgan fingerprint density at radius 3 is 2.55 bits per heavy atom. The summed E-state index contributed by atoms with van der Waals surface area (Å²) in [6, 6.07) is 6.05. The van der Waals surface area contributed by atoms with Crippen LogP contribution in [0, 0.1) is 10.4 Å². The first-order valence-corrected chi connectivity index (χ1v) is 7.26. The first kappa shape index (κ1) is 15.0. The van der Waals surface area contributed by atoms with Gasteiger partial charge in [0.15, 0.2) is 5.60 Å². The van der Waals surface area contributed by atoms with Crippen LogP contribution in [0.3, 0.4) is 0 Å². The highest BCUT2D eigenvalue weighted by Crippen LogP contribution is 2.20. The first-order chi connectivity index (χ1) is 9.40. The van der Waals surface area contributed by atoms with Crippen molar-refractivity contribution in [1.29, 1.82) is 0 Å². The Morgan fingerprint density at radius 2 is 2.25 bits per heavy atom. The Balaban J connectivity index is 0.000000173. The van der Waals surface area contributed by atoms with Gasteiger partial charge in [0.1, 0.15) is 0 Å². The van der Waals surface area contributed by atoms with E-state index < -0.39 is 11.6 Å². The van der Waals surface area contributed by atoms with Gasteiger partial charge in [0, 0.05) is 15.6 Å². The van der Waals surface area contributed by atoms with Crippen LogP contribution in [-0.4, -0.2) is 21.7 Å². The zero-order valence-corrected chi connectivity index (χ0v) is 12.7. The molecule has 0 saturated carbocycles. The molecule has 1 aromatic rings. The summed E-state index contributed by atoms with van der Waals surface area (Å²) in [6.45, 7) is 3.27. The quantitative estimate of drug-likeness (QED) is 0.801. The highest BCUT2D eigenvalue weighted by Gasteiger charge is 2.27. The number of aromatic nitrogens is 1. The van der Waals surface area contributed by atoms with Gasteiger partial charge in [-0.3, -0.25) is 0 Å². The zero-order valence-electron chi connectivity index (χ0n) is 11.1. The average molecular weight is 312 g/mol. The predicted molar refractivity (Wildman–Crippen MR) is 77.7 cm³/mol. The van der Waals surface area contributed by atoms with E-state index in [0.29, 0.717) is 0 Å². The molecule has 1 aromatic heterocycles. The van der Waals surface area contributed by atoms with Crippen molar-refractivity contribution in [3.63, 3.8) is 0 Å². The lowest BCUT2D eigenvalue weighted by Gasteiger charge is -2.18. The molecule has 0 bridgehead atoms. The van der Waals surface area contributed by atoms with Crippen LogP contribution in [0.25, 0.3) is 0 Å². The number of hydrogen-bond donors (Lipinski definition) is 1. The van der Waals surface area contributed by atoms with Crippen molar-refractivity contribution in [3.8, 4) is 0 Å². The number of carbonyl (C=O) groups is 1. The van der Waals surface area contributed by atoms with E-state index in [1.807, 2.05) is 17.5 Å². The molecule has 0 spiro atoms. The number of rotatable bonds is 4. The lowest BCUT2D eigenvalue weighted by atomic mass is 10.1. The fourth-order valence-electron chi connectivity index (χ4n) is 1.37. The summed E-state index contributed by atoms with van der Waals surface area (Å²) >= 11 is 7.06. The van der Waals surface area contributed by atoms with E-state index in [2.05, 4.69) is 11.1 Å². The molecule has 2 aliphatic rings. The fourth-order valence-corrected chi connectivity index (χ4v) is 2.20. The number of carboxylic acids is 1. The van der Waals surface area contributed by atoms with E-state index in [1.54, 1.807) is 5.51 Å². The van der Waals surface area contributed by atoms with Crippen LogP contribution in [0.2, 0.25) is 5.02 Å². The molecule has 1 heterocycles. The van der Waals surface area contributed by atoms with Crippen LogP contribution in [0.1, 0.15) is 19.5 Å². The second kappa shape index (κ2) is 5.91. The van der Waals surface area contributed by atoms with Crippen LogP contribution in [0.15, 0.2) is 29.1 Å². The van der Waals surface area contributed by atoms with Crippen LogP contribution < -0.4 is 0 Å². The second-order valence-electron chi connectivity index (χ2n) is 4.78. The van der Waals surface area contributed by atoms with Crippen molar-refractivity contribution >= 4 is 28.9 Å². The number of halogens is 1. The molecule has 0 aliphatic heterocycles. The van der Waals surface area contributed by atoms with Gasteiger partial charge in [-0.15, -0.1) is 11.3 Å². The third-order valence-corrected chi connectivity index (χ3v) is 3.81. The molecule has 2 aliphatic carbocycles. The Labute approximate surface area is 125 Å². The minimum Gasteiger partial charge on any atom is -0.479 e. The van der Waals surface area contributed by atoms with Crippen LogP contribution in [-0.2, 0) is 16.1 Å². The second-order valence-corrected chi connectivity index (χ2v) is 5.90. The summed E-state index contributed by atoms with van der Waals surface area (Å²) in [6.07, 6.45) is 0. The summed E-state index contributed by atoms with van der Waals surface area (Å²) in [4.78, 5) is 14.6. The molecule has 106 valence electrons. The molecule has 4 nitrogen and oxygen atoms in total. The van der Waals surface area contributed by atoms with E-state index in [1.165, 1.54) is 35.6 Å². The smallest absolute Gasteiger partial charge is 0.335 e. The molecule has 0 radical (unpaired) electrons. The SMILES string of the molecule is CC(C)(OCc1cscn1)C(=O)O.Clc1cc2ccc1=2. The molecule has 20 heavy (non-hydrogen) atoms. The topological polar surface area (TPSA) is 59.4 Å². The van der Waals surface area contributed by atoms with E-state index >= 15 is 0 Å². The van der Waals surface area contributed by atoms with E-state index in [4.69, 9.17) is 21.4 Å². The zero-order chi connectivity index (χ0) is 14.8. The highest BCUT2D eigenvalue weighted by molar-refractivity contribution is 7.07. The van der Waals surface area contributed by atoms with Gasteiger partial charge in [-0.05, 0) is 25.1 Å². The van der Waals surface area contributed by atoms with Crippen molar-refractivity contribution in [2.24, 2.45) is 0 Å². The van der Waals surface area contributed by atoms with Gasteiger partial charge < -0.3 is 9.84 Å². The van der Waals surface area contributed by atoms with Crippen molar-refractivity contribution in [3.05, 3.63) is 50.2 Å². The summed E-state index contributed by atoms with van der Waals surface area (Å²) in [5.74, 6) is -0.970. The van der Waals surface area contributed by atoms with E-state index in [9.17, 15) is 4.79 Å². The third kappa shape index (κ3) is 3.36. The largest absolute Gasteiger partial charge is 0.479 e. The van der Waals surface area contributed by atoms with E-state index in [-0.39, 0.29) is 6.61 Å². The number of thiazole rings is 1. The summed E-state index contributed by atoms with van der Waals surface area (Å²) in [5, 5.41) is 14.0. The van der Waals surface area contributed by atoms with Gasteiger partial charge in [-0.2, -0.15) is 0 Å². The van der Waals surface area contributed by atoms with Gasteiger partial charge in [0.05, 0.1) is 17.8 Å². The first-order valence-electron chi connectivity index (χ1n) is 5.94. The molecule has 0 unspecified atom stereocenters. The molecule has 0 atom stereocenters. The van der Waals surface area contributed by atoms with Crippen molar-refractivity contribution in [1.82, 2.24) is 4.98 Å². The standard InChI is InChI=1S/C8H11NO3S.C6H3Cl/c1-8(2,7(10)11)12-3-6-4-13-5-9-6;7-6-3-4-1-2-5(4)6/h4-5H,3H2,1-2H3,(H,10,11);1-3H. The Kier molecular flexibility index (Phi) is 4.42. The number of ether oxygens (including phenoxy) is 1. The Morgan fingerprint density at radius 1 is 1.50 bits per heavy atom. The number of nitrogens with zero attached hydrogens (tertiary/aromatic N) is 1. The maximum Gasteiger partial charge on any atom is 0.335 e. The minimum atomic E-state index is -1.15. The third-order valence-electron chi connectivity index (χ3n) is 2.86. The van der Waals surface area contributed by atoms with Gasteiger partial charge in [-0.1, -0.05) is 23.7 Å². The van der Waals surface area contributed by atoms with Gasteiger partial charge >= 0.3 is 5.97 Å². The normalized spacial score (nSPS) is 11.6. The minimum absolute atomic E-state index is 0.239. The molecule has 0 fully saturated rings. The molecule has 1 N–H and O–H groups in total. The summed E-state index contributed by atoms with van der Waals surface area (Å²) < 4.78 is 5.18. The maximum absolute atomic E-state index is 10.6. The van der Waals surface area contributed by atoms with Crippen LogP contribution in [0.5, 0.6) is 0 Å². The summed E-state index contributed by atoms with van der Waals surface area (Å²) in [7, 11) is 0. The number of aliphatic carboxylic acids is 1. The lowest BCUT2D eigenvalue weighted by molar-refractivity contribution is -0.162. The van der Waals surface area contributed by atoms with Crippen LogP contribution >= 0.6 is 22.9 Å². The monoisotopic (exact) mass is 311 g/mol. The number of carboxylic acid groups (broad SMARTS) is 1.